The molecule has 1 rings (SSSR count). The van der Waals surface area contributed by atoms with Gasteiger partial charge in [-0.2, -0.15) is 0 Å². The van der Waals surface area contributed by atoms with Gasteiger partial charge in [-0.25, -0.2) is 4.39 Å². The molecule has 1 aromatic rings. The highest BCUT2D eigenvalue weighted by atomic mass is 19.1. The fourth-order valence-corrected chi connectivity index (χ4v) is 1.71. The van der Waals surface area contributed by atoms with Gasteiger partial charge >= 0.3 is 0 Å². The minimum Gasteiger partial charge on any atom is -0.369 e. The molecule has 3 N–H and O–H groups in total. The average molecular weight is 267 g/mol. The van der Waals surface area contributed by atoms with Crippen LogP contribution in [0.5, 0.6) is 0 Å². The molecule has 19 heavy (non-hydrogen) atoms. The highest BCUT2D eigenvalue weighted by molar-refractivity contribution is 5.80. The number of nitrogens with zero attached hydrogens (tertiary/aromatic N) is 1. The van der Waals surface area contributed by atoms with Gasteiger partial charge in [0, 0.05) is 6.54 Å². The summed E-state index contributed by atoms with van der Waals surface area (Å²) < 4.78 is 12.9. The minimum atomic E-state index is -0.632. The number of carbonyl (C=O) groups excluding carboxylic acids is 1. The molecule has 1 aromatic heterocycles. The molecule has 106 valence electrons. The standard InChI is InChI=1S/C14H22FN3O/c1-9(2)12(11-6-5-10(15)7-17-11)18-8-14(3,4)13(16)19/h5-7,9,12,18H,8H2,1-4H3,(H2,16,19)/t12-/m0/s1. The second-order valence-electron chi connectivity index (χ2n) is 5.75. The highest BCUT2D eigenvalue weighted by Crippen LogP contribution is 2.22. The maximum Gasteiger partial charge on any atom is 0.224 e. The van der Waals surface area contributed by atoms with Crippen molar-refractivity contribution in [1.82, 2.24) is 10.3 Å². The Bertz CT molecular complexity index is 429. The van der Waals surface area contributed by atoms with E-state index < -0.39 is 5.41 Å². The molecule has 0 fully saturated rings. The quantitative estimate of drug-likeness (QED) is 0.828. The molecular formula is C14H22FN3O. The molecule has 0 aliphatic heterocycles. The van der Waals surface area contributed by atoms with E-state index in [1.54, 1.807) is 19.9 Å². The smallest absolute Gasteiger partial charge is 0.224 e. The first-order valence-corrected chi connectivity index (χ1v) is 6.39. The molecule has 0 aliphatic carbocycles. The molecule has 0 radical (unpaired) electrons. The second-order valence-corrected chi connectivity index (χ2v) is 5.75. The van der Waals surface area contributed by atoms with Gasteiger partial charge in [0.05, 0.1) is 23.3 Å². The zero-order valence-corrected chi connectivity index (χ0v) is 11.9. The molecule has 1 amide bonds. The number of hydrogen-bond donors (Lipinski definition) is 2. The first-order valence-electron chi connectivity index (χ1n) is 6.39. The molecule has 4 nitrogen and oxygen atoms in total. The summed E-state index contributed by atoms with van der Waals surface area (Å²) in [6, 6.07) is 3.00. The summed E-state index contributed by atoms with van der Waals surface area (Å²) in [5.41, 5.74) is 5.48. The number of nitrogens with two attached hydrogens (primary N) is 1. The topological polar surface area (TPSA) is 68.0 Å². The Hall–Kier alpha value is -1.49. The average Bonchev–Trinajstić information content (AvgIpc) is 2.31. The van der Waals surface area contributed by atoms with Crippen LogP contribution in [-0.4, -0.2) is 17.4 Å². The third kappa shape index (κ3) is 4.28. The summed E-state index contributed by atoms with van der Waals surface area (Å²) in [5.74, 6) is -0.445. The van der Waals surface area contributed by atoms with Crippen LogP contribution in [0.4, 0.5) is 4.39 Å². The Morgan fingerprint density at radius 2 is 2.11 bits per heavy atom. The summed E-state index contributed by atoms with van der Waals surface area (Å²) in [7, 11) is 0. The van der Waals surface area contributed by atoms with E-state index in [4.69, 9.17) is 5.73 Å². The Kier molecular flexibility index (Phi) is 5.00. The van der Waals surface area contributed by atoms with E-state index in [-0.39, 0.29) is 23.7 Å². The van der Waals surface area contributed by atoms with Gasteiger partial charge in [-0.1, -0.05) is 13.8 Å². The minimum absolute atomic E-state index is 0.0424. The van der Waals surface area contributed by atoms with Gasteiger partial charge < -0.3 is 11.1 Å². The fourth-order valence-electron chi connectivity index (χ4n) is 1.71. The number of pyridine rings is 1. The maximum atomic E-state index is 12.9. The molecule has 0 unspecified atom stereocenters. The Balaban J connectivity index is 2.80. The zero-order chi connectivity index (χ0) is 14.6. The predicted octanol–water partition coefficient (Wildman–Crippen LogP) is 2.02. The van der Waals surface area contributed by atoms with Crippen LogP contribution in [0.2, 0.25) is 0 Å². The Morgan fingerprint density at radius 1 is 1.47 bits per heavy atom. The van der Waals surface area contributed by atoms with Crippen LogP contribution >= 0.6 is 0 Å². The summed E-state index contributed by atoms with van der Waals surface area (Å²) in [4.78, 5) is 15.4. The fraction of sp³-hybridized carbons (Fsp3) is 0.571. The number of nitrogens with one attached hydrogen (secondary N) is 1. The van der Waals surface area contributed by atoms with E-state index >= 15 is 0 Å². The number of aromatic nitrogens is 1. The second kappa shape index (κ2) is 6.10. The van der Waals surface area contributed by atoms with Crippen LogP contribution in [0, 0.1) is 17.2 Å². The van der Waals surface area contributed by atoms with Crippen LogP contribution in [0.25, 0.3) is 0 Å². The lowest BCUT2D eigenvalue weighted by molar-refractivity contribution is -0.125. The van der Waals surface area contributed by atoms with Gasteiger partial charge in [-0.3, -0.25) is 9.78 Å². The monoisotopic (exact) mass is 267 g/mol. The van der Waals surface area contributed by atoms with E-state index in [9.17, 15) is 9.18 Å². The van der Waals surface area contributed by atoms with Crippen LogP contribution < -0.4 is 11.1 Å². The van der Waals surface area contributed by atoms with Crippen LogP contribution in [0.1, 0.15) is 39.4 Å². The predicted molar refractivity (Wildman–Crippen MR) is 72.8 cm³/mol. The van der Waals surface area contributed by atoms with E-state index in [0.717, 1.165) is 5.69 Å². The molecule has 0 aliphatic rings. The molecular weight excluding hydrogens is 245 g/mol. The van der Waals surface area contributed by atoms with Crippen LogP contribution in [-0.2, 0) is 4.79 Å². The van der Waals surface area contributed by atoms with E-state index in [1.807, 2.05) is 13.8 Å². The van der Waals surface area contributed by atoms with E-state index in [1.165, 1.54) is 12.3 Å². The van der Waals surface area contributed by atoms with Crippen LogP contribution in [0.15, 0.2) is 18.3 Å². The number of rotatable bonds is 6. The van der Waals surface area contributed by atoms with Crippen molar-refractivity contribution in [1.29, 1.82) is 0 Å². The number of primary amides is 1. The first-order chi connectivity index (χ1) is 8.74. The van der Waals surface area contributed by atoms with Crippen molar-refractivity contribution in [3.05, 3.63) is 29.8 Å². The Labute approximate surface area is 113 Å². The SMILES string of the molecule is CC(C)[C@H](NCC(C)(C)C(N)=O)c1ccc(F)cn1. The number of carbonyl (C=O) groups is 1. The summed E-state index contributed by atoms with van der Waals surface area (Å²) in [6.45, 7) is 8.11. The van der Waals surface area contributed by atoms with Gasteiger partial charge in [0.15, 0.2) is 0 Å². The van der Waals surface area contributed by atoms with Crippen molar-refractivity contribution >= 4 is 5.91 Å². The largest absolute Gasteiger partial charge is 0.369 e. The normalized spacial score (nSPS) is 13.6. The molecule has 1 atom stereocenters. The number of hydrogen-bond acceptors (Lipinski definition) is 3. The van der Waals surface area contributed by atoms with Crippen molar-refractivity contribution in [3.8, 4) is 0 Å². The molecule has 5 heteroatoms. The third-order valence-electron chi connectivity index (χ3n) is 3.17. The van der Waals surface area contributed by atoms with Crippen molar-refractivity contribution in [2.45, 2.75) is 33.7 Å². The zero-order valence-electron chi connectivity index (χ0n) is 11.9. The highest BCUT2D eigenvalue weighted by Gasteiger charge is 2.27. The number of amides is 1. The maximum absolute atomic E-state index is 12.9. The lowest BCUT2D eigenvalue weighted by Gasteiger charge is -2.27. The number of halogens is 1. The first kappa shape index (κ1) is 15.6. The molecule has 0 saturated carbocycles. The van der Waals surface area contributed by atoms with Crippen molar-refractivity contribution in [3.63, 3.8) is 0 Å². The lowest BCUT2D eigenvalue weighted by Crippen LogP contribution is -2.42. The van der Waals surface area contributed by atoms with E-state index in [0.29, 0.717) is 6.54 Å². The van der Waals surface area contributed by atoms with E-state index in [2.05, 4.69) is 10.3 Å². The van der Waals surface area contributed by atoms with Gasteiger partial charge in [0.25, 0.3) is 0 Å². The van der Waals surface area contributed by atoms with Gasteiger partial charge in [0.2, 0.25) is 5.91 Å². The molecule has 0 spiro atoms. The van der Waals surface area contributed by atoms with Crippen LogP contribution in [0.3, 0.4) is 0 Å². The van der Waals surface area contributed by atoms with Gasteiger partial charge in [-0.05, 0) is 31.9 Å². The molecule has 1 heterocycles. The molecule has 0 bridgehead atoms. The summed E-state index contributed by atoms with van der Waals surface area (Å²) in [6.07, 6.45) is 1.20. The Morgan fingerprint density at radius 3 is 2.53 bits per heavy atom. The van der Waals surface area contributed by atoms with Gasteiger partial charge in [-0.15, -0.1) is 0 Å². The summed E-state index contributed by atoms with van der Waals surface area (Å²) >= 11 is 0. The third-order valence-corrected chi connectivity index (χ3v) is 3.17. The summed E-state index contributed by atoms with van der Waals surface area (Å²) in [5, 5.41) is 3.29. The lowest BCUT2D eigenvalue weighted by atomic mass is 9.91. The van der Waals surface area contributed by atoms with Crippen molar-refractivity contribution in [2.75, 3.05) is 6.54 Å². The van der Waals surface area contributed by atoms with Crippen molar-refractivity contribution < 1.29 is 9.18 Å². The van der Waals surface area contributed by atoms with Crippen molar-refractivity contribution in [2.24, 2.45) is 17.1 Å². The molecule has 0 aromatic carbocycles. The molecule has 0 saturated heterocycles. The van der Waals surface area contributed by atoms with Gasteiger partial charge in [0.1, 0.15) is 5.82 Å².